The van der Waals surface area contributed by atoms with E-state index in [9.17, 15) is 0 Å². The summed E-state index contributed by atoms with van der Waals surface area (Å²) in [6.45, 7) is 13.0. The second-order valence-corrected chi connectivity index (χ2v) is 9.05. The van der Waals surface area contributed by atoms with Crippen LogP contribution in [0, 0.1) is 11.8 Å². The molecule has 2 fully saturated rings. The molecule has 0 aliphatic carbocycles. The molecule has 0 amide bonds. The fourth-order valence-electron chi connectivity index (χ4n) is 4.62. The van der Waals surface area contributed by atoms with Gasteiger partial charge < -0.3 is 14.5 Å². The van der Waals surface area contributed by atoms with Gasteiger partial charge in [-0.2, -0.15) is 0 Å². The summed E-state index contributed by atoms with van der Waals surface area (Å²) < 4.78 is 5.27. The molecule has 0 bridgehead atoms. The number of ether oxygens (including phenoxy) is 1. The van der Waals surface area contributed by atoms with Gasteiger partial charge in [0.05, 0.1) is 7.11 Å². The normalized spacial score (nSPS) is 19.0. The molecule has 2 aliphatic rings. The zero-order valence-electron chi connectivity index (χ0n) is 19.7. The number of hydrogen-bond acceptors (Lipinski definition) is 3. The van der Waals surface area contributed by atoms with Crippen LogP contribution in [-0.4, -0.2) is 44.7 Å². The maximum atomic E-state index is 5.27. The Morgan fingerprint density at radius 3 is 1.83 bits per heavy atom. The molecule has 3 rings (SSSR count). The lowest BCUT2D eigenvalue weighted by molar-refractivity contribution is 0.170. The van der Waals surface area contributed by atoms with Crippen molar-refractivity contribution in [2.45, 2.75) is 78.6 Å². The van der Waals surface area contributed by atoms with Gasteiger partial charge in [0.1, 0.15) is 5.75 Å². The van der Waals surface area contributed by atoms with Crippen LogP contribution < -0.4 is 9.64 Å². The minimum Gasteiger partial charge on any atom is -0.497 e. The lowest BCUT2D eigenvalue weighted by atomic mass is 9.85. The molecule has 1 aromatic carbocycles. The van der Waals surface area contributed by atoms with Crippen molar-refractivity contribution in [1.29, 1.82) is 0 Å². The standard InChI is InChI=1S/C23H38N2O.C3H8/c1-3-4-15-24-16-11-20(12-17-24)5-6-21-13-18-25(19-14-21)22-7-9-23(26-2)10-8-22;1-3-2/h7-10,20-21H,3-6,11-19H2,1-2H3;3H2,1-2H3. The summed E-state index contributed by atoms with van der Waals surface area (Å²) in [5, 5.41) is 0. The molecule has 1 aromatic rings. The van der Waals surface area contributed by atoms with E-state index in [2.05, 4.69) is 54.8 Å². The van der Waals surface area contributed by atoms with Crippen molar-refractivity contribution in [3.63, 3.8) is 0 Å². The Balaban J connectivity index is 0.000000941. The number of methoxy groups -OCH3 is 1. The van der Waals surface area contributed by atoms with Gasteiger partial charge in [0, 0.05) is 18.8 Å². The largest absolute Gasteiger partial charge is 0.497 e. The fourth-order valence-corrected chi connectivity index (χ4v) is 4.62. The molecule has 3 nitrogen and oxygen atoms in total. The highest BCUT2D eigenvalue weighted by molar-refractivity contribution is 5.49. The van der Waals surface area contributed by atoms with Gasteiger partial charge in [-0.15, -0.1) is 0 Å². The van der Waals surface area contributed by atoms with Gasteiger partial charge >= 0.3 is 0 Å². The molecule has 0 unspecified atom stereocenters. The first-order chi connectivity index (χ1) is 14.2. The maximum Gasteiger partial charge on any atom is 0.119 e. The molecular weight excluding hydrogens is 356 g/mol. The molecular formula is C26H46N2O. The lowest BCUT2D eigenvalue weighted by Crippen LogP contribution is -2.35. The second-order valence-electron chi connectivity index (χ2n) is 9.05. The predicted molar refractivity (Wildman–Crippen MR) is 127 cm³/mol. The molecule has 2 heterocycles. The molecule has 29 heavy (non-hydrogen) atoms. The molecule has 2 saturated heterocycles. The number of unbranched alkanes of at least 4 members (excludes halogenated alkanes) is 1. The number of likely N-dealkylation sites (tertiary alicyclic amines) is 1. The van der Waals surface area contributed by atoms with E-state index < -0.39 is 0 Å². The molecule has 166 valence electrons. The third kappa shape index (κ3) is 8.58. The number of benzene rings is 1. The number of piperidine rings is 2. The molecule has 0 radical (unpaired) electrons. The zero-order valence-corrected chi connectivity index (χ0v) is 19.7. The quantitative estimate of drug-likeness (QED) is 0.486. The van der Waals surface area contributed by atoms with Crippen LogP contribution in [-0.2, 0) is 0 Å². The van der Waals surface area contributed by atoms with Crippen molar-refractivity contribution in [2.24, 2.45) is 11.8 Å². The van der Waals surface area contributed by atoms with Gasteiger partial charge in [-0.25, -0.2) is 0 Å². The third-order valence-electron chi connectivity index (χ3n) is 6.57. The first-order valence-corrected chi connectivity index (χ1v) is 12.3. The highest BCUT2D eigenvalue weighted by Crippen LogP contribution is 2.30. The number of anilines is 1. The summed E-state index contributed by atoms with van der Waals surface area (Å²) in [5.41, 5.74) is 1.35. The minimum absolute atomic E-state index is 0.947. The summed E-state index contributed by atoms with van der Waals surface area (Å²) in [5.74, 6) is 2.89. The summed E-state index contributed by atoms with van der Waals surface area (Å²) in [6.07, 6.45) is 12.5. The Morgan fingerprint density at radius 2 is 1.34 bits per heavy atom. The van der Waals surface area contributed by atoms with E-state index in [0.29, 0.717) is 0 Å². The van der Waals surface area contributed by atoms with Crippen molar-refractivity contribution in [3.8, 4) is 5.75 Å². The molecule has 0 atom stereocenters. The molecule has 0 aromatic heterocycles. The Bertz CT molecular complexity index is 514. The highest BCUT2D eigenvalue weighted by Gasteiger charge is 2.23. The average Bonchev–Trinajstić information content (AvgIpc) is 2.78. The van der Waals surface area contributed by atoms with Gasteiger partial charge in [0.2, 0.25) is 0 Å². The van der Waals surface area contributed by atoms with Gasteiger partial charge in [-0.1, -0.05) is 46.5 Å². The summed E-state index contributed by atoms with van der Waals surface area (Å²) in [6, 6.07) is 8.56. The first kappa shape index (κ1) is 24.1. The Labute approximate surface area is 180 Å². The lowest BCUT2D eigenvalue weighted by Gasteiger charge is -2.35. The molecule has 0 saturated carbocycles. The van der Waals surface area contributed by atoms with Gasteiger partial charge in [0.25, 0.3) is 0 Å². The van der Waals surface area contributed by atoms with E-state index >= 15 is 0 Å². The molecule has 0 spiro atoms. The van der Waals surface area contributed by atoms with Crippen LogP contribution in [0.3, 0.4) is 0 Å². The van der Waals surface area contributed by atoms with Crippen LogP contribution >= 0.6 is 0 Å². The number of rotatable bonds is 8. The van der Waals surface area contributed by atoms with Crippen LogP contribution in [0.5, 0.6) is 5.75 Å². The van der Waals surface area contributed by atoms with E-state index in [1.165, 1.54) is 96.2 Å². The highest BCUT2D eigenvalue weighted by atomic mass is 16.5. The van der Waals surface area contributed by atoms with Gasteiger partial charge in [-0.3, -0.25) is 0 Å². The van der Waals surface area contributed by atoms with Gasteiger partial charge in [-0.05, 0) is 87.8 Å². The smallest absolute Gasteiger partial charge is 0.119 e. The van der Waals surface area contributed by atoms with Crippen molar-refractivity contribution < 1.29 is 4.74 Å². The molecule has 2 aliphatic heterocycles. The predicted octanol–water partition coefficient (Wildman–Crippen LogP) is 6.62. The first-order valence-electron chi connectivity index (χ1n) is 12.3. The topological polar surface area (TPSA) is 15.7 Å². The van der Waals surface area contributed by atoms with Crippen LogP contribution in [0.25, 0.3) is 0 Å². The zero-order chi connectivity index (χ0) is 20.9. The Morgan fingerprint density at radius 1 is 0.828 bits per heavy atom. The summed E-state index contributed by atoms with van der Waals surface area (Å²) in [7, 11) is 1.73. The van der Waals surface area contributed by atoms with E-state index in [-0.39, 0.29) is 0 Å². The molecule has 3 heteroatoms. The van der Waals surface area contributed by atoms with Crippen LogP contribution in [0.2, 0.25) is 0 Å². The van der Waals surface area contributed by atoms with Crippen LogP contribution in [0.1, 0.15) is 78.6 Å². The fraction of sp³-hybridized carbons (Fsp3) is 0.769. The van der Waals surface area contributed by atoms with E-state index in [1.807, 2.05) is 0 Å². The van der Waals surface area contributed by atoms with E-state index in [1.54, 1.807) is 7.11 Å². The van der Waals surface area contributed by atoms with Crippen LogP contribution in [0.4, 0.5) is 5.69 Å². The second kappa shape index (κ2) is 13.9. The maximum absolute atomic E-state index is 5.27. The average molecular weight is 403 g/mol. The van der Waals surface area contributed by atoms with Crippen molar-refractivity contribution in [1.82, 2.24) is 4.90 Å². The van der Waals surface area contributed by atoms with Crippen molar-refractivity contribution in [2.75, 3.05) is 44.7 Å². The number of hydrogen-bond donors (Lipinski definition) is 0. The van der Waals surface area contributed by atoms with E-state index in [4.69, 9.17) is 4.74 Å². The van der Waals surface area contributed by atoms with Gasteiger partial charge in [0.15, 0.2) is 0 Å². The SMILES string of the molecule is CCC.CCCCN1CCC(CCC2CCN(c3ccc(OC)cc3)CC2)CC1. The van der Waals surface area contributed by atoms with Crippen molar-refractivity contribution in [3.05, 3.63) is 24.3 Å². The molecule has 0 N–H and O–H groups in total. The summed E-state index contributed by atoms with van der Waals surface area (Å²) in [4.78, 5) is 5.23. The number of nitrogens with zero attached hydrogens (tertiary/aromatic N) is 2. The Kier molecular flexibility index (Phi) is 11.5. The monoisotopic (exact) mass is 402 g/mol. The minimum atomic E-state index is 0.947. The third-order valence-corrected chi connectivity index (χ3v) is 6.57. The Hall–Kier alpha value is -1.22. The van der Waals surface area contributed by atoms with Crippen molar-refractivity contribution >= 4 is 5.69 Å². The summed E-state index contributed by atoms with van der Waals surface area (Å²) >= 11 is 0. The van der Waals surface area contributed by atoms with E-state index in [0.717, 1.165) is 17.6 Å². The van der Waals surface area contributed by atoms with Crippen LogP contribution in [0.15, 0.2) is 24.3 Å².